The number of hydrogen-bond donors (Lipinski definition) is 4. The molecule has 2 heterocycles. The number of anilines is 1. The normalized spacial score (nSPS) is 14.3. The van der Waals surface area contributed by atoms with Gasteiger partial charge in [0.2, 0.25) is 0 Å². The summed E-state index contributed by atoms with van der Waals surface area (Å²) in [5, 5.41) is 5.93. The maximum Gasteiger partial charge on any atom is 0.273 e. The number of nitrogen functional groups attached to an aromatic ring is 1. The number of carbonyl (C=O) groups excluding carboxylic acids is 2. The summed E-state index contributed by atoms with van der Waals surface area (Å²) in [5.41, 5.74) is 10.9. The van der Waals surface area contributed by atoms with Gasteiger partial charge in [0.05, 0.1) is 30.0 Å². The molecule has 9 heteroatoms. The average molecular weight is 468 g/mol. The molecule has 0 fully saturated rings. The molecule has 0 spiro atoms. The fourth-order valence-electron chi connectivity index (χ4n) is 4.29. The van der Waals surface area contributed by atoms with Crippen molar-refractivity contribution in [3.05, 3.63) is 95.3 Å². The predicted octanol–water partition coefficient (Wildman–Crippen LogP) is 2.84. The molecule has 2 amide bonds. The van der Waals surface area contributed by atoms with Crippen LogP contribution in [0.3, 0.4) is 0 Å². The lowest BCUT2D eigenvalue weighted by Gasteiger charge is -2.14. The first-order valence-electron chi connectivity index (χ1n) is 11.5. The van der Waals surface area contributed by atoms with Crippen LogP contribution < -0.4 is 16.4 Å². The molecule has 0 saturated heterocycles. The van der Waals surface area contributed by atoms with Crippen molar-refractivity contribution in [2.45, 2.75) is 25.3 Å². The number of H-pyrrole nitrogens is 1. The molecule has 2 aromatic heterocycles. The van der Waals surface area contributed by atoms with E-state index in [-0.39, 0.29) is 23.5 Å². The van der Waals surface area contributed by atoms with Crippen LogP contribution in [-0.4, -0.2) is 38.3 Å². The van der Waals surface area contributed by atoms with E-state index in [9.17, 15) is 9.59 Å². The molecule has 0 bridgehead atoms. The minimum absolute atomic E-state index is 0.00422. The van der Waals surface area contributed by atoms with Gasteiger partial charge in [0, 0.05) is 30.3 Å². The number of carbonyl (C=O) groups is 2. The number of aromatic nitrogens is 4. The Morgan fingerprint density at radius 1 is 1.09 bits per heavy atom. The van der Waals surface area contributed by atoms with Crippen molar-refractivity contribution in [1.82, 2.24) is 30.6 Å². The zero-order chi connectivity index (χ0) is 24.2. The van der Waals surface area contributed by atoms with Gasteiger partial charge >= 0.3 is 0 Å². The summed E-state index contributed by atoms with van der Waals surface area (Å²) in [6, 6.07) is 15.3. The van der Waals surface area contributed by atoms with Crippen molar-refractivity contribution in [2.24, 2.45) is 0 Å². The quantitative estimate of drug-likeness (QED) is 0.330. The van der Waals surface area contributed by atoms with Gasteiger partial charge < -0.3 is 21.4 Å². The van der Waals surface area contributed by atoms with Gasteiger partial charge in [-0.15, -0.1) is 0 Å². The summed E-state index contributed by atoms with van der Waals surface area (Å²) in [7, 11) is 0. The SMILES string of the molecule is Nc1ncc(-c2cccc(C(=O)N[C@H]3CCc4ccccc43)c2)nc1C(=O)NCCc1c[nH]cn1. The summed E-state index contributed by atoms with van der Waals surface area (Å²) in [5.74, 6) is -0.533. The van der Waals surface area contributed by atoms with Crippen LogP contribution in [0.1, 0.15) is 50.1 Å². The molecule has 0 aliphatic heterocycles. The number of nitrogens with zero attached hydrogens (tertiary/aromatic N) is 3. The third-order valence-electron chi connectivity index (χ3n) is 6.10. The molecule has 9 nitrogen and oxygen atoms in total. The molecule has 5 rings (SSSR count). The molecule has 2 aromatic carbocycles. The van der Waals surface area contributed by atoms with Crippen molar-refractivity contribution in [1.29, 1.82) is 0 Å². The molecular weight excluding hydrogens is 442 g/mol. The number of hydrogen-bond acceptors (Lipinski definition) is 6. The highest BCUT2D eigenvalue weighted by Gasteiger charge is 2.24. The van der Waals surface area contributed by atoms with Gasteiger partial charge in [-0.05, 0) is 36.1 Å². The van der Waals surface area contributed by atoms with Crippen molar-refractivity contribution in [3.63, 3.8) is 0 Å². The highest BCUT2D eigenvalue weighted by molar-refractivity contribution is 5.97. The van der Waals surface area contributed by atoms with Crippen molar-refractivity contribution >= 4 is 17.6 Å². The first kappa shape index (κ1) is 22.3. The van der Waals surface area contributed by atoms with Crippen molar-refractivity contribution in [2.75, 3.05) is 12.3 Å². The van der Waals surface area contributed by atoms with E-state index >= 15 is 0 Å². The van der Waals surface area contributed by atoms with E-state index in [0.29, 0.717) is 29.8 Å². The van der Waals surface area contributed by atoms with E-state index in [1.807, 2.05) is 18.2 Å². The largest absolute Gasteiger partial charge is 0.382 e. The minimum Gasteiger partial charge on any atom is -0.382 e. The van der Waals surface area contributed by atoms with Crippen LogP contribution in [0.4, 0.5) is 5.82 Å². The van der Waals surface area contributed by atoms with Crippen molar-refractivity contribution < 1.29 is 9.59 Å². The molecule has 4 aromatic rings. The number of rotatable bonds is 7. The maximum absolute atomic E-state index is 13.0. The Kier molecular flexibility index (Phi) is 6.21. The summed E-state index contributed by atoms with van der Waals surface area (Å²) in [6.45, 7) is 0.384. The van der Waals surface area contributed by atoms with E-state index in [1.165, 1.54) is 17.3 Å². The van der Waals surface area contributed by atoms with Crippen LogP contribution in [0, 0.1) is 0 Å². The molecule has 0 saturated carbocycles. The fraction of sp³-hybridized carbons (Fsp3) is 0.192. The first-order chi connectivity index (χ1) is 17.1. The molecule has 5 N–H and O–H groups in total. The number of nitrogens with one attached hydrogen (secondary N) is 3. The zero-order valence-electron chi connectivity index (χ0n) is 19.0. The molecule has 1 aliphatic rings. The standard InChI is InChI=1S/C26H25N7O2/c27-24-23(26(35)29-11-10-19-13-28-15-31-19)32-22(14-30-24)17-5-3-6-18(12-17)25(34)33-21-9-8-16-4-1-2-7-20(16)21/h1-7,12-15,21H,8-11H2,(H2,27,30)(H,28,31)(H,29,35)(H,33,34)/t21-/m0/s1. The van der Waals surface area contributed by atoms with Gasteiger partial charge in [0.25, 0.3) is 11.8 Å². The number of benzene rings is 2. The number of aromatic amines is 1. The second kappa shape index (κ2) is 9.76. The number of nitrogens with two attached hydrogens (primary N) is 1. The number of aryl methyl sites for hydroxylation is 1. The van der Waals surface area contributed by atoms with Gasteiger partial charge in [0.15, 0.2) is 11.5 Å². The number of fused-ring (bicyclic) bond motifs is 1. The predicted molar refractivity (Wildman–Crippen MR) is 131 cm³/mol. The molecule has 176 valence electrons. The van der Waals surface area contributed by atoms with E-state index in [2.05, 4.69) is 42.7 Å². The van der Waals surface area contributed by atoms with Gasteiger partial charge in [0.1, 0.15) is 0 Å². The molecular formula is C26H25N7O2. The highest BCUT2D eigenvalue weighted by Crippen LogP contribution is 2.31. The summed E-state index contributed by atoms with van der Waals surface area (Å²) < 4.78 is 0. The monoisotopic (exact) mass is 467 g/mol. The summed E-state index contributed by atoms with van der Waals surface area (Å²) in [6.07, 6.45) is 7.27. The molecule has 1 atom stereocenters. The Balaban J connectivity index is 1.30. The summed E-state index contributed by atoms with van der Waals surface area (Å²) in [4.78, 5) is 41.3. The average Bonchev–Trinajstić information content (AvgIpc) is 3.55. The van der Waals surface area contributed by atoms with Crippen LogP contribution in [0.2, 0.25) is 0 Å². The van der Waals surface area contributed by atoms with Gasteiger partial charge in [-0.3, -0.25) is 9.59 Å². The smallest absolute Gasteiger partial charge is 0.273 e. The highest BCUT2D eigenvalue weighted by atomic mass is 16.2. The Labute approximate surface area is 202 Å². The van der Waals surface area contributed by atoms with Gasteiger partial charge in [-0.25, -0.2) is 15.0 Å². The number of imidazole rings is 1. The Bertz CT molecular complexity index is 1370. The van der Waals surface area contributed by atoms with Crippen LogP contribution in [0.5, 0.6) is 0 Å². The van der Waals surface area contributed by atoms with Crippen molar-refractivity contribution in [3.8, 4) is 11.3 Å². The third-order valence-corrected chi connectivity index (χ3v) is 6.10. The van der Waals surface area contributed by atoms with E-state index < -0.39 is 5.91 Å². The van der Waals surface area contributed by atoms with E-state index in [4.69, 9.17) is 5.73 Å². The molecule has 0 radical (unpaired) electrons. The second-order valence-electron chi connectivity index (χ2n) is 8.40. The Morgan fingerprint density at radius 2 is 1.97 bits per heavy atom. The fourth-order valence-corrected chi connectivity index (χ4v) is 4.29. The van der Waals surface area contributed by atoms with Crippen LogP contribution in [0.15, 0.2) is 67.3 Å². The lowest BCUT2D eigenvalue weighted by Crippen LogP contribution is -2.28. The summed E-state index contributed by atoms with van der Waals surface area (Å²) >= 11 is 0. The van der Waals surface area contributed by atoms with Crippen LogP contribution >= 0.6 is 0 Å². The lowest BCUT2D eigenvalue weighted by atomic mass is 10.1. The lowest BCUT2D eigenvalue weighted by molar-refractivity contribution is 0.0932. The Morgan fingerprint density at radius 3 is 2.83 bits per heavy atom. The zero-order valence-corrected chi connectivity index (χ0v) is 19.0. The van der Waals surface area contributed by atoms with E-state index in [0.717, 1.165) is 18.5 Å². The molecule has 0 unspecified atom stereocenters. The van der Waals surface area contributed by atoms with Crippen LogP contribution in [-0.2, 0) is 12.8 Å². The minimum atomic E-state index is -0.416. The number of amides is 2. The van der Waals surface area contributed by atoms with E-state index in [1.54, 1.807) is 30.7 Å². The second-order valence-corrected chi connectivity index (χ2v) is 8.40. The van der Waals surface area contributed by atoms with Crippen LogP contribution in [0.25, 0.3) is 11.3 Å². The molecule has 35 heavy (non-hydrogen) atoms. The molecule has 1 aliphatic carbocycles. The maximum atomic E-state index is 13.0. The first-order valence-corrected chi connectivity index (χ1v) is 11.5. The Hall–Kier alpha value is -4.53. The van der Waals surface area contributed by atoms with Gasteiger partial charge in [-0.2, -0.15) is 0 Å². The topological polar surface area (TPSA) is 139 Å². The third kappa shape index (κ3) is 4.89. The van der Waals surface area contributed by atoms with Gasteiger partial charge in [-0.1, -0.05) is 36.4 Å².